The molecule has 0 bridgehead atoms. The second kappa shape index (κ2) is 69.6. The molecule has 0 heterocycles. The van der Waals surface area contributed by atoms with E-state index in [-0.39, 0.29) is 32.2 Å². The number of carboxylic acids is 1. The predicted octanol–water partition coefficient (Wildman–Crippen LogP) is 22.3. The zero-order chi connectivity index (χ0) is 64.0. The summed E-state index contributed by atoms with van der Waals surface area (Å²) < 4.78 is 22.9. The molecule has 0 aromatic rings. The third-order valence-electron chi connectivity index (χ3n) is 16.7. The molecule has 88 heavy (non-hydrogen) atoms. The van der Waals surface area contributed by atoms with Gasteiger partial charge in [0.2, 0.25) is 0 Å². The number of nitrogens with zero attached hydrogens (tertiary/aromatic N) is 1. The lowest BCUT2D eigenvalue weighted by Crippen LogP contribution is -2.44. The van der Waals surface area contributed by atoms with Crippen LogP contribution in [0.2, 0.25) is 0 Å². The van der Waals surface area contributed by atoms with Crippen molar-refractivity contribution in [2.24, 2.45) is 0 Å². The lowest BCUT2D eigenvalue weighted by atomic mass is 10.0. The van der Waals surface area contributed by atoms with Crippen LogP contribution in [0.5, 0.6) is 0 Å². The monoisotopic (exact) mass is 1230 g/mol. The molecule has 0 saturated heterocycles. The summed E-state index contributed by atoms with van der Waals surface area (Å²) in [5, 5.41) is 11.8. The van der Waals surface area contributed by atoms with Crippen LogP contribution in [-0.2, 0) is 33.3 Å². The number of ether oxygens (including phenoxy) is 4. The van der Waals surface area contributed by atoms with Gasteiger partial charge >= 0.3 is 11.9 Å². The van der Waals surface area contributed by atoms with E-state index in [1.807, 2.05) is 21.1 Å². The van der Waals surface area contributed by atoms with Gasteiger partial charge in [-0.2, -0.15) is 0 Å². The summed E-state index contributed by atoms with van der Waals surface area (Å²) in [4.78, 5) is 37.6. The quantitative estimate of drug-likeness (QED) is 0.0195. The van der Waals surface area contributed by atoms with Gasteiger partial charge < -0.3 is 33.3 Å². The number of rotatable bonds is 70. The van der Waals surface area contributed by atoms with E-state index in [9.17, 15) is 19.5 Å². The van der Waals surface area contributed by atoms with Gasteiger partial charge in [-0.1, -0.05) is 350 Å². The molecule has 2 atom stereocenters. The number of hydrogen-bond acceptors (Lipinski definition) is 8. The Balaban J connectivity index is 4.05. The summed E-state index contributed by atoms with van der Waals surface area (Å²) in [7, 11) is 5.94. The molecule has 0 fully saturated rings. The van der Waals surface area contributed by atoms with Crippen molar-refractivity contribution < 1.29 is 42.9 Å². The summed E-state index contributed by atoms with van der Waals surface area (Å²) in [6.07, 6.45) is 90.0. The first-order valence-electron chi connectivity index (χ1n) is 37.6. The topological polar surface area (TPSA) is 111 Å². The van der Waals surface area contributed by atoms with E-state index in [2.05, 4.69) is 86.8 Å². The fraction of sp³-hybridized carbons (Fsp3) is 0.810. The van der Waals surface area contributed by atoms with Crippen LogP contribution in [0.1, 0.15) is 354 Å². The van der Waals surface area contributed by atoms with Crippen molar-refractivity contribution in [3.8, 4) is 0 Å². The van der Waals surface area contributed by atoms with Crippen LogP contribution in [0.25, 0.3) is 0 Å². The molecule has 0 aliphatic carbocycles. The fourth-order valence-electron chi connectivity index (χ4n) is 11.0. The van der Waals surface area contributed by atoms with Crippen molar-refractivity contribution in [1.82, 2.24) is 0 Å². The molecule has 0 N–H and O–H groups in total. The number of esters is 2. The summed E-state index contributed by atoms with van der Waals surface area (Å²) >= 11 is 0. The lowest BCUT2D eigenvalue weighted by Gasteiger charge is -2.26. The highest BCUT2D eigenvalue weighted by Crippen LogP contribution is 2.19. The van der Waals surface area contributed by atoms with Crippen LogP contribution in [0.4, 0.5) is 0 Å². The molecular formula is C79H143NO8. The number of likely N-dealkylation sites (N-methyl/N-ethyl adjacent to an activating group) is 1. The third-order valence-corrected chi connectivity index (χ3v) is 16.7. The van der Waals surface area contributed by atoms with Gasteiger partial charge in [-0.3, -0.25) is 9.59 Å². The Kier molecular flexibility index (Phi) is 67.0. The van der Waals surface area contributed by atoms with Crippen molar-refractivity contribution in [1.29, 1.82) is 0 Å². The van der Waals surface area contributed by atoms with Crippen molar-refractivity contribution in [2.45, 2.75) is 367 Å². The van der Waals surface area contributed by atoms with E-state index in [0.29, 0.717) is 23.9 Å². The van der Waals surface area contributed by atoms with Crippen LogP contribution in [0, 0.1) is 0 Å². The minimum absolute atomic E-state index is 0.148. The maximum atomic E-state index is 13.0. The van der Waals surface area contributed by atoms with E-state index in [1.165, 1.54) is 244 Å². The predicted molar refractivity (Wildman–Crippen MR) is 375 cm³/mol. The normalized spacial score (nSPS) is 13.1. The van der Waals surface area contributed by atoms with Crippen molar-refractivity contribution in [2.75, 3.05) is 47.5 Å². The van der Waals surface area contributed by atoms with E-state index < -0.39 is 24.3 Å². The first-order valence-corrected chi connectivity index (χ1v) is 37.6. The van der Waals surface area contributed by atoms with E-state index in [1.54, 1.807) is 0 Å². The van der Waals surface area contributed by atoms with Gasteiger partial charge in [0.05, 0.1) is 40.3 Å². The smallest absolute Gasteiger partial charge is 0.306 e. The molecule has 512 valence electrons. The largest absolute Gasteiger partial charge is 0.545 e. The Bertz CT molecular complexity index is 1680. The minimum atomic E-state index is -1.62. The van der Waals surface area contributed by atoms with Crippen molar-refractivity contribution in [3.63, 3.8) is 0 Å². The van der Waals surface area contributed by atoms with Crippen LogP contribution in [-0.4, -0.2) is 82.3 Å². The Labute approximate surface area is 545 Å². The summed E-state index contributed by atoms with van der Waals surface area (Å²) in [6.45, 7) is 4.69. The minimum Gasteiger partial charge on any atom is -0.545 e. The first kappa shape index (κ1) is 84.7. The average molecular weight is 1240 g/mol. The maximum Gasteiger partial charge on any atom is 0.306 e. The number of unbranched alkanes of at least 4 members (excludes halogenated alkanes) is 43. The third kappa shape index (κ3) is 70.2. The zero-order valence-corrected chi connectivity index (χ0v) is 58.6. The Hall–Kier alpha value is -3.27. The van der Waals surface area contributed by atoms with Crippen LogP contribution in [0.3, 0.4) is 0 Å². The summed E-state index contributed by atoms with van der Waals surface area (Å²) in [6, 6.07) is 0. The van der Waals surface area contributed by atoms with Gasteiger partial charge in [0.15, 0.2) is 12.4 Å². The summed E-state index contributed by atoms with van der Waals surface area (Å²) in [5.74, 6) is -2.26. The van der Waals surface area contributed by atoms with Crippen LogP contribution < -0.4 is 5.11 Å². The highest BCUT2D eigenvalue weighted by molar-refractivity contribution is 5.70. The Morgan fingerprint density at radius 2 is 0.648 bits per heavy atom. The highest BCUT2D eigenvalue weighted by atomic mass is 16.7. The second-order valence-corrected chi connectivity index (χ2v) is 26.6. The SMILES string of the molecule is CC/C=C\C/C=C\C/C=C\C/C=C\C/C=C\C/C=C\CCCCCCCCCCCCCCCCC(=O)OC(COC(=O)CCCCCCCCCCCCCCCCCCCCCCCCCCCCCCCC)COC(OCC[N+](C)(C)C)C(=O)[O-]. The molecule has 2 unspecified atom stereocenters. The molecule has 0 amide bonds. The lowest BCUT2D eigenvalue weighted by molar-refractivity contribution is -0.870. The van der Waals surface area contributed by atoms with Crippen molar-refractivity contribution in [3.05, 3.63) is 72.9 Å². The molecule has 0 radical (unpaired) electrons. The average Bonchev–Trinajstić information content (AvgIpc) is 3.62. The van der Waals surface area contributed by atoms with Crippen molar-refractivity contribution >= 4 is 17.9 Å². The van der Waals surface area contributed by atoms with E-state index >= 15 is 0 Å². The number of carboxylic acid groups (broad SMARTS) is 1. The van der Waals surface area contributed by atoms with Gasteiger partial charge in [0, 0.05) is 12.8 Å². The van der Waals surface area contributed by atoms with Gasteiger partial charge in [0.25, 0.3) is 0 Å². The standard InChI is InChI=1S/C79H143NO8/c1-6-8-10-12-14-16-18-20-22-24-26-28-30-32-34-36-38-39-40-42-44-46-48-50-52-54-56-58-60-62-64-66-68-70-77(82)88-75(74-87-79(78(83)84)85-72-71-80(3,4)5)73-86-76(81)69-67-65-63-61-59-57-55-53-51-49-47-45-43-41-37-35-33-31-29-27-25-23-21-19-17-15-13-11-9-7-2/h8,10,14,16,20,22,26,28,32,34,38-39,75,79H,6-7,9,11-13,15,17-19,21,23-25,27,29-31,33,35-37,40-74H2,1-5H3/b10-8-,16-14-,22-20-,28-26-,34-32-,39-38-. The molecule has 9 nitrogen and oxygen atoms in total. The molecular weight excluding hydrogens is 1090 g/mol. The number of quaternary nitrogens is 1. The van der Waals surface area contributed by atoms with E-state index in [0.717, 1.165) is 77.0 Å². The van der Waals surface area contributed by atoms with Gasteiger partial charge in [-0.25, -0.2) is 0 Å². The van der Waals surface area contributed by atoms with Gasteiger partial charge in [-0.15, -0.1) is 0 Å². The second-order valence-electron chi connectivity index (χ2n) is 26.6. The molecule has 0 saturated carbocycles. The maximum absolute atomic E-state index is 13.0. The highest BCUT2D eigenvalue weighted by Gasteiger charge is 2.22. The van der Waals surface area contributed by atoms with Gasteiger partial charge in [0.1, 0.15) is 13.2 Å². The van der Waals surface area contributed by atoms with Crippen LogP contribution in [0.15, 0.2) is 72.9 Å². The molecule has 0 aromatic heterocycles. The Morgan fingerprint density at radius 3 is 0.966 bits per heavy atom. The molecule has 9 heteroatoms. The molecule has 0 aliphatic rings. The molecule has 0 rings (SSSR count). The first-order chi connectivity index (χ1) is 43.1. The summed E-state index contributed by atoms with van der Waals surface area (Å²) in [5.41, 5.74) is 0. The zero-order valence-electron chi connectivity index (χ0n) is 58.6. The number of carbonyl (C=O) groups is 3. The molecule has 0 spiro atoms. The van der Waals surface area contributed by atoms with Gasteiger partial charge in [-0.05, 0) is 64.2 Å². The number of aliphatic carboxylic acids is 1. The molecule has 0 aliphatic heterocycles. The van der Waals surface area contributed by atoms with E-state index in [4.69, 9.17) is 18.9 Å². The number of allylic oxidation sites excluding steroid dienone is 12. The van der Waals surface area contributed by atoms with Crippen LogP contribution >= 0.6 is 0 Å². The molecule has 0 aromatic carbocycles. The fourth-order valence-corrected chi connectivity index (χ4v) is 11.0. The number of carbonyl (C=O) groups excluding carboxylic acids is 3. The number of hydrogen-bond donors (Lipinski definition) is 0. The Morgan fingerprint density at radius 1 is 0.352 bits per heavy atom.